The summed E-state index contributed by atoms with van der Waals surface area (Å²) in [7, 11) is 4.08. The molecule has 0 saturated heterocycles. The monoisotopic (exact) mass is 252 g/mol. The highest BCUT2D eigenvalue weighted by atomic mass is 16.5. The average Bonchev–Trinajstić information content (AvgIpc) is 2.26. The minimum atomic E-state index is -0.0306. The highest BCUT2D eigenvalue weighted by Gasteiger charge is 2.21. The highest BCUT2D eigenvalue weighted by Crippen LogP contribution is 2.16. The smallest absolute Gasteiger partial charge is 0.226 e. The van der Waals surface area contributed by atoms with Crippen LogP contribution in [-0.2, 0) is 0 Å². The van der Waals surface area contributed by atoms with Gasteiger partial charge in [0.25, 0.3) is 0 Å². The minimum absolute atomic E-state index is 0.0306. The van der Waals surface area contributed by atoms with Crippen LogP contribution in [0.5, 0.6) is 5.88 Å². The van der Waals surface area contributed by atoms with Gasteiger partial charge in [0.1, 0.15) is 6.61 Å². The van der Waals surface area contributed by atoms with Crippen LogP contribution in [0, 0.1) is 6.92 Å². The van der Waals surface area contributed by atoms with Gasteiger partial charge in [0.05, 0.1) is 0 Å². The molecule has 0 amide bonds. The summed E-state index contributed by atoms with van der Waals surface area (Å²) in [6.45, 7) is 9.60. The number of rotatable bonds is 6. The zero-order valence-corrected chi connectivity index (χ0v) is 12.2. The Bertz CT molecular complexity index is 391. The number of likely N-dealkylation sites (N-methyl/N-ethyl adjacent to an activating group) is 1. The average molecular weight is 252 g/mol. The molecule has 102 valence electrons. The van der Waals surface area contributed by atoms with E-state index in [1.165, 1.54) is 0 Å². The Morgan fingerprint density at radius 1 is 1.33 bits per heavy atom. The van der Waals surface area contributed by atoms with E-state index in [9.17, 15) is 0 Å². The second-order valence-corrected chi connectivity index (χ2v) is 5.20. The van der Waals surface area contributed by atoms with E-state index in [1.54, 1.807) is 0 Å². The number of ether oxygens (including phenoxy) is 1. The quantitative estimate of drug-likeness (QED) is 0.838. The lowest BCUT2D eigenvalue weighted by Crippen LogP contribution is -2.43. The van der Waals surface area contributed by atoms with Crippen molar-refractivity contribution >= 4 is 5.95 Å². The Hall–Kier alpha value is -1.36. The van der Waals surface area contributed by atoms with Gasteiger partial charge in [-0.25, -0.2) is 4.98 Å². The van der Waals surface area contributed by atoms with Crippen LogP contribution >= 0.6 is 0 Å². The third kappa shape index (κ3) is 4.14. The van der Waals surface area contributed by atoms with E-state index in [0.717, 1.165) is 12.2 Å². The van der Waals surface area contributed by atoms with Crippen molar-refractivity contribution in [1.29, 1.82) is 0 Å². The fraction of sp³-hybridized carbons (Fsp3) is 0.692. The molecule has 0 aromatic carbocycles. The van der Waals surface area contributed by atoms with Gasteiger partial charge in [0, 0.05) is 23.8 Å². The van der Waals surface area contributed by atoms with Crippen LogP contribution in [0.3, 0.4) is 0 Å². The van der Waals surface area contributed by atoms with Gasteiger partial charge in [-0.2, -0.15) is 4.98 Å². The molecule has 0 unspecified atom stereocenters. The van der Waals surface area contributed by atoms with Crippen molar-refractivity contribution in [3.05, 3.63) is 11.8 Å². The maximum Gasteiger partial charge on any atom is 0.226 e. The topological polar surface area (TPSA) is 50.3 Å². The zero-order valence-electron chi connectivity index (χ0n) is 12.2. The summed E-state index contributed by atoms with van der Waals surface area (Å²) >= 11 is 0. The van der Waals surface area contributed by atoms with Gasteiger partial charge in [-0.3, -0.25) is 0 Å². The van der Waals surface area contributed by atoms with Crippen molar-refractivity contribution in [3.8, 4) is 5.88 Å². The van der Waals surface area contributed by atoms with Crippen LogP contribution in [0.1, 0.15) is 26.5 Å². The van der Waals surface area contributed by atoms with Crippen molar-refractivity contribution in [1.82, 2.24) is 14.9 Å². The Labute approximate surface area is 110 Å². The van der Waals surface area contributed by atoms with Crippen LogP contribution in [0.2, 0.25) is 0 Å². The molecular weight excluding hydrogens is 228 g/mol. The Balaban J connectivity index is 2.73. The summed E-state index contributed by atoms with van der Waals surface area (Å²) < 4.78 is 5.77. The van der Waals surface area contributed by atoms with Gasteiger partial charge < -0.3 is 15.0 Å². The fourth-order valence-corrected chi connectivity index (χ4v) is 1.23. The molecule has 5 nitrogen and oxygen atoms in total. The van der Waals surface area contributed by atoms with Crippen molar-refractivity contribution in [2.45, 2.75) is 33.2 Å². The number of hydrogen-bond donors (Lipinski definition) is 1. The van der Waals surface area contributed by atoms with E-state index < -0.39 is 0 Å². The number of aromatic nitrogens is 2. The molecule has 1 N–H and O–H groups in total. The van der Waals surface area contributed by atoms with Crippen LogP contribution in [0.25, 0.3) is 0 Å². The minimum Gasteiger partial charge on any atom is -0.476 e. The largest absolute Gasteiger partial charge is 0.476 e. The normalized spacial score (nSPS) is 11.7. The lowest BCUT2D eigenvalue weighted by Gasteiger charge is -2.31. The lowest BCUT2D eigenvalue weighted by atomic mass is 10.1. The van der Waals surface area contributed by atoms with E-state index in [-0.39, 0.29) is 5.54 Å². The first-order chi connectivity index (χ1) is 8.35. The summed E-state index contributed by atoms with van der Waals surface area (Å²) in [6.07, 6.45) is 0. The van der Waals surface area contributed by atoms with Crippen molar-refractivity contribution in [2.24, 2.45) is 0 Å². The molecule has 0 aliphatic heterocycles. The summed E-state index contributed by atoms with van der Waals surface area (Å²) in [6, 6.07) is 1.85. The number of hydrogen-bond acceptors (Lipinski definition) is 5. The molecule has 0 spiro atoms. The molecule has 1 aromatic rings. The Morgan fingerprint density at radius 2 is 2.00 bits per heavy atom. The first-order valence-corrected chi connectivity index (χ1v) is 6.25. The van der Waals surface area contributed by atoms with Gasteiger partial charge in [-0.05, 0) is 41.8 Å². The third-order valence-electron chi connectivity index (χ3n) is 2.95. The van der Waals surface area contributed by atoms with E-state index in [4.69, 9.17) is 4.74 Å². The molecular formula is C13H24N4O. The number of aryl methyl sites for hydroxylation is 1. The van der Waals surface area contributed by atoms with Crippen LogP contribution in [0.4, 0.5) is 5.95 Å². The molecule has 5 heteroatoms. The molecule has 1 heterocycles. The van der Waals surface area contributed by atoms with Gasteiger partial charge >= 0.3 is 0 Å². The summed E-state index contributed by atoms with van der Waals surface area (Å²) in [5, 5.41) is 3.10. The molecule has 0 saturated carbocycles. The second kappa shape index (κ2) is 6.00. The molecule has 0 atom stereocenters. The van der Waals surface area contributed by atoms with Gasteiger partial charge in [0.15, 0.2) is 0 Å². The number of nitrogens with zero attached hydrogens (tertiary/aromatic N) is 3. The lowest BCUT2D eigenvalue weighted by molar-refractivity contribution is 0.111. The Morgan fingerprint density at radius 3 is 2.56 bits per heavy atom. The van der Waals surface area contributed by atoms with Gasteiger partial charge in [0.2, 0.25) is 11.8 Å². The second-order valence-electron chi connectivity index (χ2n) is 5.20. The maximum atomic E-state index is 5.77. The molecule has 0 radical (unpaired) electrons. The van der Waals surface area contributed by atoms with Gasteiger partial charge in [-0.1, -0.05) is 0 Å². The molecule has 18 heavy (non-hydrogen) atoms. The first-order valence-electron chi connectivity index (χ1n) is 6.25. The van der Waals surface area contributed by atoms with Crippen LogP contribution < -0.4 is 10.1 Å². The fourth-order valence-electron chi connectivity index (χ4n) is 1.23. The molecule has 0 fully saturated rings. The van der Waals surface area contributed by atoms with Crippen molar-refractivity contribution < 1.29 is 4.74 Å². The maximum absolute atomic E-state index is 5.77. The first kappa shape index (κ1) is 14.7. The zero-order chi connectivity index (χ0) is 13.8. The van der Waals surface area contributed by atoms with Gasteiger partial charge in [-0.15, -0.1) is 0 Å². The predicted molar refractivity (Wildman–Crippen MR) is 74.2 cm³/mol. The van der Waals surface area contributed by atoms with E-state index >= 15 is 0 Å². The summed E-state index contributed by atoms with van der Waals surface area (Å²) in [5.74, 6) is 1.24. The van der Waals surface area contributed by atoms with E-state index in [1.807, 2.05) is 34.0 Å². The Kier molecular flexibility index (Phi) is 4.90. The summed E-state index contributed by atoms with van der Waals surface area (Å²) in [5.41, 5.74) is 0.871. The molecule has 0 aliphatic carbocycles. The predicted octanol–water partition coefficient (Wildman–Crippen LogP) is 1.94. The number of nitrogens with one attached hydrogen (secondary N) is 1. The summed E-state index contributed by atoms with van der Waals surface area (Å²) in [4.78, 5) is 10.7. The van der Waals surface area contributed by atoms with E-state index in [0.29, 0.717) is 18.4 Å². The molecule has 0 aliphatic rings. The van der Waals surface area contributed by atoms with Crippen molar-refractivity contribution in [3.63, 3.8) is 0 Å². The third-order valence-corrected chi connectivity index (χ3v) is 2.95. The standard InChI is InChI=1S/C13H24N4O/c1-7-14-12-15-10(2)8-11(16-12)18-9-13(3,4)17(5)6/h8H,7,9H2,1-6H3,(H,14,15,16). The van der Waals surface area contributed by atoms with Crippen molar-refractivity contribution in [2.75, 3.05) is 32.6 Å². The molecule has 0 bridgehead atoms. The van der Waals surface area contributed by atoms with Crippen LogP contribution in [0.15, 0.2) is 6.07 Å². The SMILES string of the molecule is CCNc1nc(C)cc(OCC(C)(C)N(C)C)n1. The van der Waals surface area contributed by atoms with Crippen LogP contribution in [-0.4, -0.2) is 47.7 Å². The number of anilines is 1. The van der Waals surface area contributed by atoms with E-state index in [2.05, 4.69) is 34.0 Å². The molecule has 1 aromatic heterocycles. The molecule has 1 rings (SSSR count). The highest BCUT2D eigenvalue weighted by molar-refractivity contribution is 5.30.